The Balaban J connectivity index is 4.12. The van der Waals surface area contributed by atoms with Gasteiger partial charge in [-0.05, 0) is 19.3 Å². The molecule has 0 saturated heterocycles. The van der Waals surface area contributed by atoms with Crippen LogP contribution in [0.1, 0.15) is 34.6 Å². The van der Waals surface area contributed by atoms with Crippen LogP contribution >= 0.6 is 0 Å². The first-order valence-electron chi connectivity index (χ1n) is 4.31. The van der Waals surface area contributed by atoms with E-state index in [1.54, 1.807) is 0 Å². The number of nitrogens with one attached hydrogen (secondary N) is 1. The van der Waals surface area contributed by atoms with E-state index in [2.05, 4.69) is 5.32 Å². The average molecular weight is 172 g/mol. The van der Waals surface area contributed by atoms with Gasteiger partial charge < -0.3 is 11.1 Å². The maximum Gasteiger partial charge on any atom is 0.237 e. The van der Waals surface area contributed by atoms with Crippen molar-refractivity contribution >= 4 is 5.91 Å². The van der Waals surface area contributed by atoms with E-state index in [-0.39, 0.29) is 17.4 Å². The van der Waals surface area contributed by atoms with Crippen molar-refractivity contribution in [3.63, 3.8) is 0 Å². The first-order chi connectivity index (χ1) is 5.25. The molecule has 3 nitrogen and oxygen atoms in total. The van der Waals surface area contributed by atoms with Gasteiger partial charge in [0.25, 0.3) is 0 Å². The van der Waals surface area contributed by atoms with Crippen molar-refractivity contribution in [3.8, 4) is 0 Å². The van der Waals surface area contributed by atoms with Gasteiger partial charge >= 0.3 is 0 Å². The molecular formula is C9H20N2O. The lowest BCUT2D eigenvalue weighted by atomic mass is 9.87. The van der Waals surface area contributed by atoms with E-state index < -0.39 is 6.04 Å². The van der Waals surface area contributed by atoms with Crippen molar-refractivity contribution in [1.29, 1.82) is 0 Å². The number of carbonyl (C=O) groups is 1. The molecule has 0 aromatic carbocycles. The molecule has 3 heteroatoms. The Labute approximate surface area is 74.7 Å². The standard InChI is InChI=1S/C9H20N2O/c1-6(2)11-8(12)7(10)9(3,4)5/h6-7H,10H2,1-5H3,(H,11,12)/t7-/m0/s1. The van der Waals surface area contributed by atoms with Crippen LogP contribution < -0.4 is 11.1 Å². The van der Waals surface area contributed by atoms with Gasteiger partial charge in [0.1, 0.15) is 0 Å². The molecule has 0 rings (SSSR count). The Bertz CT molecular complexity index is 158. The fourth-order valence-corrected chi connectivity index (χ4v) is 0.768. The molecule has 1 amide bonds. The highest BCUT2D eigenvalue weighted by molar-refractivity contribution is 5.82. The first-order valence-corrected chi connectivity index (χ1v) is 4.31. The predicted molar refractivity (Wildman–Crippen MR) is 50.7 cm³/mol. The number of amides is 1. The van der Waals surface area contributed by atoms with Crippen LogP contribution in [-0.4, -0.2) is 18.0 Å². The minimum absolute atomic E-state index is 0.0718. The van der Waals surface area contributed by atoms with Crippen molar-refractivity contribution in [1.82, 2.24) is 5.32 Å². The molecule has 0 saturated carbocycles. The molecule has 0 bridgehead atoms. The average Bonchev–Trinajstić information content (AvgIpc) is 1.82. The van der Waals surface area contributed by atoms with Gasteiger partial charge in [0, 0.05) is 6.04 Å². The minimum atomic E-state index is -0.431. The van der Waals surface area contributed by atoms with Gasteiger partial charge in [-0.25, -0.2) is 0 Å². The fraction of sp³-hybridized carbons (Fsp3) is 0.889. The van der Waals surface area contributed by atoms with E-state index in [0.29, 0.717) is 0 Å². The highest BCUT2D eigenvalue weighted by atomic mass is 16.2. The largest absolute Gasteiger partial charge is 0.353 e. The molecule has 3 N–H and O–H groups in total. The number of hydrogen-bond acceptors (Lipinski definition) is 2. The van der Waals surface area contributed by atoms with Crippen LogP contribution in [0.15, 0.2) is 0 Å². The van der Waals surface area contributed by atoms with E-state index in [9.17, 15) is 4.79 Å². The smallest absolute Gasteiger partial charge is 0.237 e. The second-order valence-electron chi connectivity index (χ2n) is 4.51. The maximum atomic E-state index is 11.4. The Morgan fingerprint density at radius 2 is 1.75 bits per heavy atom. The monoisotopic (exact) mass is 172 g/mol. The fourth-order valence-electron chi connectivity index (χ4n) is 0.768. The van der Waals surface area contributed by atoms with Gasteiger partial charge in [0.05, 0.1) is 6.04 Å². The molecule has 72 valence electrons. The molecule has 12 heavy (non-hydrogen) atoms. The van der Waals surface area contributed by atoms with E-state index in [1.165, 1.54) is 0 Å². The summed E-state index contributed by atoms with van der Waals surface area (Å²) >= 11 is 0. The van der Waals surface area contributed by atoms with Crippen molar-refractivity contribution in [2.24, 2.45) is 11.1 Å². The molecule has 0 heterocycles. The molecule has 0 spiro atoms. The Hall–Kier alpha value is -0.570. The summed E-state index contributed by atoms with van der Waals surface area (Å²) in [6.07, 6.45) is 0. The Morgan fingerprint density at radius 1 is 1.33 bits per heavy atom. The Kier molecular flexibility index (Phi) is 3.71. The van der Waals surface area contributed by atoms with Crippen LogP contribution in [-0.2, 0) is 4.79 Å². The molecule has 0 aromatic heterocycles. The van der Waals surface area contributed by atoms with Crippen LogP contribution in [0.4, 0.5) is 0 Å². The van der Waals surface area contributed by atoms with Crippen molar-refractivity contribution in [3.05, 3.63) is 0 Å². The van der Waals surface area contributed by atoms with Gasteiger partial charge in [-0.15, -0.1) is 0 Å². The van der Waals surface area contributed by atoms with Crippen molar-refractivity contribution < 1.29 is 4.79 Å². The van der Waals surface area contributed by atoms with Crippen molar-refractivity contribution in [2.75, 3.05) is 0 Å². The van der Waals surface area contributed by atoms with Crippen LogP contribution in [0.2, 0.25) is 0 Å². The minimum Gasteiger partial charge on any atom is -0.353 e. The number of carbonyl (C=O) groups excluding carboxylic acids is 1. The third kappa shape index (κ3) is 3.72. The topological polar surface area (TPSA) is 55.1 Å². The molecule has 0 aromatic rings. The van der Waals surface area contributed by atoms with E-state index in [4.69, 9.17) is 5.73 Å². The lowest BCUT2D eigenvalue weighted by Gasteiger charge is -2.26. The molecule has 1 atom stereocenters. The highest BCUT2D eigenvalue weighted by Crippen LogP contribution is 2.17. The molecule has 0 aliphatic carbocycles. The van der Waals surface area contributed by atoms with Crippen LogP contribution in [0.3, 0.4) is 0 Å². The summed E-state index contributed by atoms with van der Waals surface area (Å²) in [4.78, 5) is 11.4. The van der Waals surface area contributed by atoms with Gasteiger partial charge in [-0.1, -0.05) is 20.8 Å². The van der Waals surface area contributed by atoms with Gasteiger partial charge in [-0.3, -0.25) is 4.79 Å². The number of hydrogen-bond donors (Lipinski definition) is 2. The summed E-state index contributed by atoms with van der Waals surface area (Å²) in [6, 6.07) is -0.272. The highest BCUT2D eigenvalue weighted by Gasteiger charge is 2.27. The predicted octanol–water partition coefficient (Wildman–Crippen LogP) is 0.884. The zero-order chi connectivity index (χ0) is 9.94. The molecule has 0 unspecified atom stereocenters. The van der Waals surface area contributed by atoms with Crippen LogP contribution in [0.25, 0.3) is 0 Å². The zero-order valence-corrected chi connectivity index (χ0v) is 8.64. The molecule has 0 aliphatic heterocycles. The maximum absolute atomic E-state index is 11.4. The second kappa shape index (κ2) is 3.90. The van der Waals surface area contributed by atoms with Crippen LogP contribution in [0.5, 0.6) is 0 Å². The van der Waals surface area contributed by atoms with E-state index >= 15 is 0 Å². The van der Waals surface area contributed by atoms with E-state index in [0.717, 1.165) is 0 Å². The summed E-state index contributed by atoms with van der Waals surface area (Å²) < 4.78 is 0. The van der Waals surface area contributed by atoms with Crippen molar-refractivity contribution in [2.45, 2.75) is 46.7 Å². The molecular weight excluding hydrogens is 152 g/mol. The third-order valence-corrected chi connectivity index (χ3v) is 1.65. The number of nitrogens with two attached hydrogens (primary N) is 1. The Morgan fingerprint density at radius 3 is 2.00 bits per heavy atom. The summed E-state index contributed by atoms with van der Waals surface area (Å²) in [5.74, 6) is -0.0718. The third-order valence-electron chi connectivity index (χ3n) is 1.65. The summed E-state index contributed by atoms with van der Waals surface area (Å²) in [6.45, 7) is 9.72. The lowest BCUT2D eigenvalue weighted by molar-refractivity contribution is -0.125. The lowest BCUT2D eigenvalue weighted by Crippen LogP contribution is -2.50. The molecule has 0 aliphatic rings. The number of rotatable bonds is 2. The van der Waals surface area contributed by atoms with Gasteiger partial charge in [-0.2, -0.15) is 0 Å². The second-order valence-corrected chi connectivity index (χ2v) is 4.51. The summed E-state index contributed by atoms with van der Waals surface area (Å²) in [7, 11) is 0. The quantitative estimate of drug-likeness (QED) is 0.649. The van der Waals surface area contributed by atoms with Gasteiger partial charge in [0.15, 0.2) is 0 Å². The first kappa shape index (κ1) is 11.4. The zero-order valence-electron chi connectivity index (χ0n) is 8.64. The summed E-state index contributed by atoms with van der Waals surface area (Å²) in [5, 5.41) is 2.79. The molecule has 0 radical (unpaired) electrons. The van der Waals surface area contributed by atoms with E-state index in [1.807, 2.05) is 34.6 Å². The normalized spacial score (nSPS) is 14.6. The van der Waals surface area contributed by atoms with Crippen LogP contribution in [0, 0.1) is 5.41 Å². The van der Waals surface area contributed by atoms with Gasteiger partial charge in [0.2, 0.25) is 5.91 Å². The SMILES string of the molecule is CC(C)NC(=O)[C@H](N)C(C)(C)C. The molecule has 0 fully saturated rings. The summed E-state index contributed by atoms with van der Waals surface area (Å²) in [5.41, 5.74) is 5.56.